The highest BCUT2D eigenvalue weighted by Gasteiger charge is 2.24. The minimum Gasteiger partial charge on any atom is -0.454 e. The van der Waals surface area contributed by atoms with Gasteiger partial charge in [0.15, 0.2) is 5.58 Å². The third kappa shape index (κ3) is 4.06. The molecule has 7 aromatic carbocycles. The van der Waals surface area contributed by atoms with Crippen LogP contribution in [0.3, 0.4) is 0 Å². The summed E-state index contributed by atoms with van der Waals surface area (Å²) in [5, 5.41) is 11.5. The number of rotatable bonds is 4. The van der Waals surface area contributed by atoms with E-state index in [1.807, 2.05) is 17.4 Å². The molecule has 0 amide bonds. The van der Waals surface area contributed by atoms with Crippen molar-refractivity contribution in [3.05, 3.63) is 133 Å². The van der Waals surface area contributed by atoms with E-state index in [1.165, 1.54) is 46.9 Å². The van der Waals surface area contributed by atoms with Gasteiger partial charge in [-0.15, -0.1) is 11.3 Å². The molecule has 4 heteroatoms. The number of furan rings is 1. The second-order valence-electron chi connectivity index (χ2n) is 13.0. The fourth-order valence-corrected chi connectivity index (χ4v) is 9.42. The molecule has 0 radical (unpaired) electrons. The number of anilines is 3. The van der Waals surface area contributed by atoms with E-state index in [0.717, 1.165) is 39.0 Å². The van der Waals surface area contributed by atoms with Crippen LogP contribution in [0.15, 0.2) is 138 Å². The molecule has 0 unspecified atom stereocenters. The Morgan fingerprint density at radius 1 is 0.556 bits per heavy atom. The van der Waals surface area contributed by atoms with Gasteiger partial charge in [-0.2, -0.15) is 0 Å². The van der Waals surface area contributed by atoms with Crippen LogP contribution in [0.4, 0.5) is 17.1 Å². The van der Waals surface area contributed by atoms with Crippen molar-refractivity contribution in [2.24, 2.45) is 0 Å². The van der Waals surface area contributed by atoms with Gasteiger partial charge in [0, 0.05) is 42.0 Å². The van der Waals surface area contributed by atoms with Gasteiger partial charge in [-0.3, -0.25) is 0 Å². The Hall–Kier alpha value is -4.90. The van der Waals surface area contributed by atoms with E-state index in [9.17, 15) is 0 Å². The van der Waals surface area contributed by atoms with Gasteiger partial charge < -0.3 is 9.32 Å². The summed E-state index contributed by atoms with van der Waals surface area (Å²) in [6.45, 7) is 7.21. The molecule has 9 aromatic rings. The number of hydrogen-bond acceptors (Lipinski definition) is 3. The molecular weight excluding hydrogens is 583 g/mol. The van der Waals surface area contributed by atoms with Crippen LogP contribution < -0.4 is 10.1 Å². The van der Waals surface area contributed by atoms with Gasteiger partial charge in [-0.05, 0) is 46.5 Å². The number of thiophene rings is 1. The lowest BCUT2D eigenvalue weighted by molar-refractivity contribution is 0.669. The first kappa shape index (κ1) is 26.5. The molecule has 0 bridgehead atoms. The molecule has 0 aliphatic heterocycles. The van der Waals surface area contributed by atoms with Gasteiger partial charge in [0.1, 0.15) is 5.58 Å². The van der Waals surface area contributed by atoms with Crippen molar-refractivity contribution in [1.82, 2.24) is 0 Å². The minimum absolute atomic E-state index is 0.902. The topological polar surface area (TPSA) is 16.4 Å². The van der Waals surface area contributed by atoms with Crippen molar-refractivity contribution in [2.75, 3.05) is 4.90 Å². The predicted molar refractivity (Wildman–Crippen MR) is 199 cm³/mol. The van der Waals surface area contributed by atoms with Gasteiger partial charge in [-0.1, -0.05) is 128 Å². The third-order valence-electron chi connectivity index (χ3n) is 9.20. The molecule has 0 fully saturated rings. The summed E-state index contributed by atoms with van der Waals surface area (Å²) in [6, 6.07) is 48.8. The van der Waals surface area contributed by atoms with E-state index >= 15 is 0 Å². The molecule has 2 heterocycles. The third-order valence-corrected chi connectivity index (χ3v) is 12.5. The summed E-state index contributed by atoms with van der Waals surface area (Å²) in [5.74, 6) is 0. The molecule has 216 valence electrons. The minimum atomic E-state index is -1.47. The summed E-state index contributed by atoms with van der Waals surface area (Å²) >= 11 is 1.90. The second kappa shape index (κ2) is 9.80. The second-order valence-corrected chi connectivity index (χ2v) is 19.1. The van der Waals surface area contributed by atoms with Crippen LogP contribution in [0.5, 0.6) is 0 Å². The van der Waals surface area contributed by atoms with E-state index < -0.39 is 8.07 Å². The maximum atomic E-state index is 6.65. The van der Waals surface area contributed by atoms with Crippen LogP contribution >= 0.6 is 11.3 Å². The molecule has 0 atom stereocenters. The Labute approximate surface area is 266 Å². The van der Waals surface area contributed by atoms with Crippen LogP contribution in [0.2, 0.25) is 19.6 Å². The zero-order valence-electron chi connectivity index (χ0n) is 25.5. The standard InChI is InChI=1S/C41H31NOSSi/c1-45(2,3)28-22-20-27(21-23-28)42(35-17-10-16-33-31-14-8-9-18-37(31)43-40(33)35)36-25-38-39(32-15-7-6-13-30(32)36)34-24-19-26-11-4-5-12-29(26)41(34)44-38/h4-25H,1-3H3. The van der Waals surface area contributed by atoms with Crippen molar-refractivity contribution in [3.8, 4) is 0 Å². The molecule has 9 rings (SSSR count). The lowest BCUT2D eigenvalue weighted by atomic mass is 9.99. The lowest BCUT2D eigenvalue weighted by Gasteiger charge is -2.28. The van der Waals surface area contributed by atoms with Gasteiger partial charge in [0.25, 0.3) is 0 Å². The zero-order valence-corrected chi connectivity index (χ0v) is 27.3. The largest absolute Gasteiger partial charge is 0.454 e. The highest BCUT2D eigenvalue weighted by molar-refractivity contribution is 7.27. The van der Waals surface area contributed by atoms with Crippen LogP contribution in [-0.4, -0.2) is 8.07 Å². The van der Waals surface area contributed by atoms with E-state index in [-0.39, 0.29) is 0 Å². The molecule has 0 N–H and O–H groups in total. The predicted octanol–water partition coefficient (Wildman–Crippen LogP) is 12.3. The number of hydrogen-bond donors (Lipinski definition) is 0. The maximum Gasteiger partial charge on any atom is 0.159 e. The molecule has 0 aliphatic carbocycles. The first-order valence-corrected chi connectivity index (χ1v) is 19.8. The number of benzene rings is 7. The number of para-hydroxylation sites is 2. The van der Waals surface area contributed by atoms with Gasteiger partial charge in [-0.25, -0.2) is 0 Å². The highest BCUT2D eigenvalue weighted by atomic mass is 32.1. The Morgan fingerprint density at radius 3 is 2.04 bits per heavy atom. The summed E-state index contributed by atoms with van der Waals surface area (Å²) < 4.78 is 9.28. The fourth-order valence-electron chi connectivity index (χ4n) is 6.96. The average molecular weight is 614 g/mol. The normalized spacial score (nSPS) is 12.3. The highest BCUT2D eigenvalue weighted by Crippen LogP contribution is 2.49. The number of fused-ring (bicyclic) bond motifs is 10. The quantitative estimate of drug-likeness (QED) is 0.184. The average Bonchev–Trinajstić information content (AvgIpc) is 3.64. The van der Waals surface area contributed by atoms with E-state index in [4.69, 9.17) is 4.42 Å². The van der Waals surface area contributed by atoms with Gasteiger partial charge in [0.2, 0.25) is 0 Å². The first-order chi connectivity index (χ1) is 22.0. The van der Waals surface area contributed by atoms with Crippen molar-refractivity contribution in [2.45, 2.75) is 19.6 Å². The Bertz CT molecular complexity index is 2590. The fraction of sp³-hybridized carbons (Fsp3) is 0.0732. The maximum absolute atomic E-state index is 6.65. The first-order valence-electron chi connectivity index (χ1n) is 15.5. The molecule has 0 saturated carbocycles. The van der Waals surface area contributed by atoms with Crippen molar-refractivity contribution in [1.29, 1.82) is 0 Å². The smallest absolute Gasteiger partial charge is 0.159 e. The summed E-state index contributed by atoms with van der Waals surface area (Å²) in [5.41, 5.74) is 5.13. The van der Waals surface area contributed by atoms with Crippen LogP contribution in [-0.2, 0) is 0 Å². The monoisotopic (exact) mass is 613 g/mol. The van der Waals surface area contributed by atoms with Gasteiger partial charge in [0.05, 0.1) is 19.4 Å². The summed E-state index contributed by atoms with van der Waals surface area (Å²) in [6.07, 6.45) is 0. The summed E-state index contributed by atoms with van der Waals surface area (Å²) in [4.78, 5) is 2.42. The Morgan fingerprint density at radius 2 is 1.24 bits per heavy atom. The molecule has 2 aromatic heterocycles. The van der Waals surface area contributed by atoms with Crippen molar-refractivity contribution >= 4 is 105 Å². The Kier molecular flexibility index (Phi) is 5.77. The van der Waals surface area contributed by atoms with Crippen LogP contribution in [0.25, 0.3) is 63.7 Å². The SMILES string of the molecule is C[Si](C)(C)c1ccc(N(c2cc3sc4c5ccccc5ccc4c3c3ccccc23)c2cccc3c2oc2ccccc23)cc1. The molecule has 2 nitrogen and oxygen atoms in total. The van der Waals surface area contributed by atoms with Gasteiger partial charge >= 0.3 is 0 Å². The van der Waals surface area contributed by atoms with Crippen LogP contribution in [0, 0.1) is 0 Å². The molecule has 0 saturated heterocycles. The zero-order chi connectivity index (χ0) is 30.3. The van der Waals surface area contributed by atoms with E-state index in [0.29, 0.717) is 0 Å². The van der Waals surface area contributed by atoms with Crippen LogP contribution in [0.1, 0.15) is 0 Å². The number of nitrogens with zero attached hydrogens (tertiary/aromatic N) is 1. The molecule has 0 aliphatic rings. The molecule has 45 heavy (non-hydrogen) atoms. The van der Waals surface area contributed by atoms with Crippen molar-refractivity contribution < 1.29 is 4.42 Å². The van der Waals surface area contributed by atoms with E-state index in [2.05, 4.69) is 152 Å². The van der Waals surface area contributed by atoms with Crippen molar-refractivity contribution in [3.63, 3.8) is 0 Å². The Balaban J connectivity index is 1.39. The van der Waals surface area contributed by atoms with E-state index in [1.54, 1.807) is 0 Å². The lowest BCUT2D eigenvalue weighted by Crippen LogP contribution is -2.37. The molecular formula is C41H31NOSSi. The summed E-state index contributed by atoms with van der Waals surface area (Å²) in [7, 11) is -1.47. The molecule has 0 spiro atoms.